The molecule has 0 fully saturated rings. The Morgan fingerprint density at radius 3 is 2.28 bits per heavy atom. The molecule has 0 N–H and O–H groups in total. The number of esters is 1. The van der Waals surface area contributed by atoms with Crippen molar-refractivity contribution in [3.8, 4) is 0 Å². The lowest BCUT2D eigenvalue weighted by Crippen LogP contribution is -2.03. The molecule has 1 aromatic carbocycles. The minimum absolute atomic E-state index is 0.204. The summed E-state index contributed by atoms with van der Waals surface area (Å²) >= 11 is 0. The highest BCUT2D eigenvalue weighted by molar-refractivity contribution is 5.86. The van der Waals surface area contributed by atoms with E-state index >= 15 is 0 Å². The molecule has 1 heterocycles. The van der Waals surface area contributed by atoms with E-state index in [1.54, 1.807) is 12.2 Å². The first kappa shape index (κ1) is 12.4. The molecule has 0 spiro atoms. The summed E-state index contributed by atoms with van der Waals surface area (Å²) in [7, 11) is 0. The van der Waals surface area contributed by atoms with Crippen molar-refractivity contribution in [2.24, 2.45) is 0 Å². The first-order valence-electron chi connectivity index (χ1n) is 5.18. The Labute approximate surface area is 101 Å². The van der Waals surface area contributed by atoms with Crippen LogP contribution in [0.5, 0.6) is 0 Å². The number of hydrogen-bond acceptors (Lipinski definition) is 2. The maximum Gasteiger partial charge on any atom is 0.416 e. The van der Waals surface area contributed by atoms with E-state index in [0.717, 1.165) is 12.1 Å². The van der Waals surface area contributed by atoms with Crippen molar-refractivity contribution >= 4 is 12.0 Å². The van der Waals surface area contributed by atoms with Crippen LogP contribution >= 0.6 is 0 Å². The largest absolute Gasteiger partial charge is 0.458 e. The van der Waals surface area contributed by atoms with Crippen molar-refractivity contribution in [3.05, 3.63) is 53.1 Å². The molecule has 1 aromatic rings. The molecule has 1 aliphatic heterocycles. The van der Waals surface area contributed by atoms with E-state index in [4.69, 9.17) is 0 Å². The molecular weight excluding hydrogens is 245 g/mol. The van der Waals surface area contributed by atoms with Crippen molar-refractivity contribution in [3.63, 3.8) is 0 Å². The number of rotatable bonds is 2. The van der Waals surface area contributed by atoms with Crippen molar-refractivity contribution in [2.75, 3.05) is 6.61 Å². The molecule has 1 aliphatic rings. The Hall–Kier alpha value is -2.04. The second kappa shape index (κ2) is 4.68. The Kier molecular flexibility index (Phi) is 3.23. The van der Waals surface area contributed by atoms with Crippen molar-refractivity contribution < 1.29 is 22.7 Å². The molecule has 0 aliphatic carbocycles. The SMILES string of the molecule is O=C1C=C(C=Cc2ccc(C(F)(F)F)cc2)CO1. The van der Waals surface area contributed by atoms with Gasteiger partial charge in [-0.2, -0.15) is 13.2 Å². The zero-order valence-corrected chi connectivity index (χ0v) is 9.20. The van der Waals surface area contributed by atoms with Crippen molar-refractivity contribution in [2.45, 2.75) is 6.18 Å². The molecule has 0 aromatic heterocycles. The summed E-state index contributed by atoms with van der Waals surface area (Å²) in [4.78, 5) is 10.8. The third kappa shape index (κ3) is 3.00. The summed E-state index contributed by atoms with van der Waals surface area (Å²) in [5, 5.41) is 0. The van der Waals surface area contributed by atoms with Gasteiger partial charge >= 0.3 is 12.1 Å². The summed E-state index contributed by atoms with van der Waals surface area (Å²) in [6, 6.07) is 4.78. The van der Waals surface area contributed by atoms with E-state index in [-0.39, 0.29) is 6.61 Å². The summed E-state index contributed by atoms with van der Waals surface area (Å²) in [5.41, 5.74) is 0.640. The van der Waals surface area contributed by atoms with E-state index in [1.807, 2.05) is 0 Å². The van der Waals surface area contributed by atoms with Crippen LogP contribution in [0.15, 0.2) is 42.0 Å². The van der Waals surface area contributed by atoms with Gasteiger partial charge in [-0.25, -0.2) is 4.79 Å². The Bertz CT molecular complexity index is 510. The molecule has 0 radical (unpaired) electrons. The van der Waals surface area contributed by atoms with Crippen LogP contribution in [0.2, 0.25) is 0 Å². The predicted molar refractivity (Wildman–Crippen MR) is 59.5 cm³/mol. The zero-order chi connectivity index (χ0) is 13.2. The number of alkyl halides is 3. The second-order valence-corrected chi connectivity index (χ2v) is 3.78. The number of ether oxygens (including phenoxy) is 1. The van der Waals surface area contributed by atoms with Crippen LogP contribution in [0.4, 0.5) is 13.2 Å². The maximum absolute atomic E-state index is 12.3. The highest BCUT2D eigenvalue weighted by Gasteiger charge is 2.29. The number of hydrogen-bond donors (Lipinski definition) is 0. The van der Waals surface area contributed by atoms with Gasteiger partial charge in [0.25, 0.3) is 0 Å². The normalized spacial score (nSPS) is 15.9. The molecule has 2 nitrogen and oxygen atoms in total. The van der Waals surface area contributed by atoms with Crippen LogP contribution in [-0.4, -0.2) is 12.6 Å². The maximum atomic E-state index is 12.3. The van der Waals surface area contributed by atoms with Crippen LogP contribution in [0.1, 0.15) is 11.1 Å². The minimum Gasteiger partial charge on any atom is -0.458 e. The highest BCUT2D eigenvalue weighted by atomic mass is 19.4. The van der Waals surface area contributed by atoms with E-state index in [0.29, 0.717) is 11.1 Å². The van der Waals surface area contributed by atoms with Crippen molar-refractivity contribution in [1.29, 1.82) is 0 Å². The standard InChI is InChI=1S/C13H9F3O2/c14-13(15,16)11-5-3-9(4-6-11)1-2-10-7-12(17)18-8-10/h1-7H,8H2. The van der Waals surface area contributed by atoms with E-state index in [1.165, 1.54) is 18.2 Å². The first-order valence-corrected chi connectivity index (χ1v) is 5.18. The molecule has 2 rings (SSSR count). The van der Waals surface area contributed by atoms with Gasteiger partial charge in [-0.15, -0.1) is 0 Å². The molecule has 5 heteroatoms. The van der Waals surface area contributed by atoms with Gasteiger partial charge in [0.1, 0.15) is 6.61 Å². The third-order valence-corrected chi connectivity index (χ3v) is 2.41. The van der Waals surface area contributed by atoms with Gasteiger partial charge in [-0.1, -0.05) is 24.3 Å². The average Bonchev–Trinajstić information content (AvgIpc) is 2.72. The number of halogens is 3. The van der Waals surface area contributed by atoms with Crippen LogP contribution in [-0.2, 0) is 15.7 Å². The van der Waals surface area contributed by atoms with Gasteiger partial charge in [-0.3, -0.25) is 0 Å². The fraction of sp³-hybridized carbons (Fsp3) is 0.154. The lowest BCUT2D eigenvalue weighted by atomic mass is 10.1. The average molecular weight is 254 g/mol. The van der Waals surface area contributed by atoms with E-state index in [9.17, 15) is 18.0 Å². The zero-order valence-electron chi connectivity index (χ0n) is 9.20. The fourth-order valence-electron chi connectivity index (χ4n) is 1.47. The minimum atomic E-state index is -4.32. The second-order valence-electron chi connectivity index (χ2n) is 3.78. The predicted octanol–water partition coefficient (Wildman–Crippen LogP) is 3.20. The molecule has 0 saturated heterocycles. The number of carbonyl (C=O) groups excluding carboxylic acids is 1. The van der Waals surface area contributed by atoms with Crippen LogP contribution in [0.3, 0.4) is 0 Å². The van der Waals surface area contributed by atoms with Crippen LogP contribution < -0.4 is 0 Å². The van der Waals surface area contributed by atoms with Crippen LogP contribution in [0, 0.1) is 0 Å². The molecule has 0 bridgehead atoms. The van der Waals surface area contributed by atoms with Gasteiger partial charge in [0.05, 0.1) is 5.56 Å². The molecule has 0 unspecified atom stereocenters. The monoisotopic (exact) mass is 254 g/mol. The molecule has 0 saturated carbocycles. The molecule has 0 atom stereocenters. The fourth-order valence-corrected chi connectivity index (χ4v) is 1.47. The summed E-state index contributed by atoms with van der Waals surface area (Å²) in [6.45, 7) is 0.204. The van der Waals surface area contributed by atoms with Gasteiger partial charge < -0.3 is 4.74 Å². The van der Waals surface area contributed by atoms with Gasteiger partial charge in [0.2, 0.25) is 0 Å². The first-order chi connectivity index (χ1) is 8.45. The van der Waals surface area contributed by atoms with Gasteiger partial charge in [-0.05, 0) is 23.3 Å². The lowest BCUT2D eigenvalue weighted by Gasteiger charge is -2.05. The Morgan fingerprint density at radius 2 is 1.78 bits per heavy atom. The topological polar surface area (TPSA) is 26.3 Å². The third-order valence-electron chi connectivity index (χ3n) is 2.41. The molecule has 0 amide bonds. The van der Waals surface area contributed by atoms with Gasteiger partial charge in [0.15, 0.2) is 0 Å². The summed E-state index contributed by atoms with van der Waals surface area (Å²) in [5.74, 6) is -0.401. The molecule has 18 heavy (non-hydrogen) atoms. The van der Waals surface area contributed by atoms with E-state index < -0.39 is 17.7 Å². The van der Waals surface area contributed by atoms with Crippen LogP contribution in [0.25, 0.3) is 6.08 Å². The smallest absolute Gasteiger partial charge is 0.416 e. The molecular formula is C13H9F3O2. The number of carbonyl (C=O) groups is 1. The highest BCUT2D eigenvalue weighted by Crippen LogP contribution is 2.29. The van der Waals surface area contributed by atoms with Gasteiger partial charge in [0, 0.05) is 6.08 Å². The summed E-state index contributed by atoms with van der Waals surface area (Å²) < 4.78 is 41.6. The lowest BCUT2D eigenvalue weighted by molar-refractivity contribution is -0.137. The summed E-state index contributed by atoms with van der Waals surface area (Å²) in [6.07, 6.45) is 0.304. The Morgan fingerprint density at radius 1 is 1.11 bits per heavy atom. The van der Waals surface area contributed by atoms with E-state index in [2.05, 4.69) is 4.74 Å². The number of cyclic esters (lactones) is 1. The van der Waals surface area contributed by atoms with Crippen molar-refractivity contribution in [1.82, 2.24) is 0 Å². The number of benzene rings is 1. The molecule has 94 valence electrons. The quantitative estimate of drug-likeness (QED) is 0.757. The Balaban J connectivity index is 2.09.